The molecule has 0 atom stereocenters. The first-order chi connectivity index (χ1) is 9.74. The Kier molecular flexibility index (Phi) is 5.04. The van der Waals surface area contributed by atoms with E-state index in [1.54, 1.807) is 0 Å². The lowest BCUT2D eigenvalue weighted by Gasteiger charge is -2.31. The van der Waals surface area contributed by atoms with Crippen LogP contribution in [0, 0.1) is 17.8 Å². The largest absolute Gasteiger partial charge is 0.312 e. The minimum absolute atomic E-state index is 0.804. The maximum atomic E-state index is 3.93. The highest BCUT2D eigenvalue weighted by Gasteiger charge is 2.41. The zero-order valence-corrected chi connectivity index (χ0v) is 13.6. The fourth-order valence-electron chi connectivity index (χ4n) is 4.17. The molecule has 116 valence electrons. The van der Waals surface area contributed by atoms with Crippen molar-refractivity contribution in [3.63, 3.8) is 0 Å². The summed E-state index contributed by atoms with van der Waals surface area (Å²) >= 11 is 0. The zero-order valence-electron chi connectivity index (χ0n) is 13.6. The molecule has 0 amide bonds. The SMILES string of the molecule is CC(C)CN(CCNC(C1CC1)C1CC1)C1CCCC1. The van der Waals surface area contributed by atoms with Gasteiger partial charge in [0.2, 0.25) is 0 Å². The van der Waals surface area contributed by atoms with Crippen LogP contribution in [0.25, 0.3) is 0 Å². The van der Waals surface area contributed by atoms with Crippen molar-refractivity contribution in [2.24, 2.45) is 17.8 Å². The number of hydrogen-bond donors (Lipinski definition) is 1. The second-order valence-electron chi connectivity index (χ2n) is 7.98. The van der Waals surface area contributed by atoms with Gasteiger partial charge in [-0.2, -0.15) is 0 Å². The van der Waals surface area contributed by atoms with E-state index in [1.807, 2.05) is 0 Å². The van der Waals surface area contributed by atoms with Crippen molar-refractivity contribution in [3.05, 3.63) is 0 Å². The fraction of sp³-hybridized carbons (Fsp3) is 1.00. The summed E-state index contributed by atoms with van der Waals surface area (Å²) in [6, 6.07) is 1.76. The summed E-state index contributed by atoms with van der Waals surface area (Å²) in [5, 5.41) is 3.93. The van der Waals surface area contributed by atoms with E-state index in [-0.39, 0.29) is 0 Å². The highest BCUT2D eigenvalue weighted by Crippen LogP contribution is 2.44. The van der Waals surface area contributed by atoms with Crippen LogP contribution >= 0.6 is 0 Å². The maximum absolute atomic E-state index is 3.93. The van der Waals surface area contributed by atoms with Crippen LogP contribution in [0.15, 0.2) is 0 Å². The Bertz CT molecular complexity index is 276. The molecule has 0 spiro atoms. The van der Waals surface area contributed by atoms with Crippen molar-refractivity contribution in [1.29, 1.82) is 0 Å². The van der Waals surface area contributed by atoms with Gasteiger partial charge in [-0.15, -0.1) is 0 Å². The first kappa shape index (κ1) is 14.8. The molecule has 20 heavy (non-hydrogen) atoms. The van der Waals surface area contributed by atoms with Crippen molar-refractivity contribution in [2.45, 2.75) is 77.3 Å². The molecule has 3 fully saturated rings. The van der Waals surface area contributed by atoms with Crippen molar-refractivity contribution >= 4 is 0 Å². The van der Waals surface area contributed by atoms with Crippen LogP contribution < -0.4 is 5.32 Å². The fourth-order valence-corrected chi connectivity index (χ4v) is 4.17. The van der Waals surface area contributed by atoms with E-state index in [0.29, 0.717) is 0 Å². The number of nitrogens with one attached hydrogen (secondary N) is 1. The summed E-state index contributed by atoms with van der Waals surface area (Å²) in [7, 11) is 0. The van der Waals surface area contributed by atoms with E-state index < -0.39 is 0 Å². The molecular formula is C18H34N2. The van der Waals surface area contributed by atoms with Crippen molar-refractivity contribution < 1.29 is 0 Å². The van der Waals surface area contributed by atoms with Gasteiger partial charge in [-0.3, -0.25) is 4.90 Å². The lowest BCUT2D eigenvalue weighted by Crippen LogP contribution is -2.43. The minimum Gasteiger partial charge on any atom is -0.312 e. The molecule has 0 unspecified atom stereocenters. The zero-order chi connectivity index (χ0) is 13.9. The first-order valence-electron chi connectivity index (χ1n) is 9.21. The standard InChI is InChI=1S/C18H34N2/c1-14(2)13-20(17-5-3-4-6-17)12-11-19-18(15-7-8-15)16-9-10-16/h14-19H,3-13H2,1-2H3. The molecule has 0 aromatic heterocycles. The van der Waals surface area contributed by atoms with Crippen LogP contribution in [-0.4, -0.2) is 36.6 Å². The van der Waals surface area contributed by atoms with Crippen molar-refractivity contribution in [1.82, 2.24) is 10.2 Å². The maximum Gasteiger partial charge on any atom is 0.0124 e. The molecule has 3 aliphatic carbocycles. The number of hydrogen-bond acceptors (Lipinski definition) is 2. The smallest absolute Gasteiger partial charge is 0.0124 e. The molecule has 0 bridgehead atoms. The van der Waals surface area contributed by atoms with Gasteiger partial charge < -0.3 is 5.32 Å². The van der Waals surface area contributed by atoms with Crippen LogP contribution in [0.3, 0.4) is 0 Å². The second kappa shape index (κ2) is 6.79. The topological polar surface area (TPSA) is 15.3 Å². The Balaban J connectivity index is 1.43. The third kappa shape index (κ3) is 4.21. The normalized spacial score (nSPS) is 24.4. The van der Waals surface area contributed by atoms with E-state index in [1.165, 1.54) is 71.0 Å². The summed E-state index contributed by atoms with van der Waals surface area (Å²) in [6.45, 7) is 8.53. The highest BCUT2D eigenvalue weighted by molar-refractivity contribution is 4.96. The number of rotatable bonds is 9. The van der Waals surface area contributed by atoms with Crippen molar-refractivity contribution in [2.75, 3.05) is 19.6 Å². The Hall–Kier alpha value is -0.0800. The van der Waals surface area contributed by atoms with Crippen molar-refractivity contribution in [3.8, 4) is 0 Å². The summed E-state index contributed by atoms with van der Waals surface area (Å²) in [5.41, 5.74) is 0. The van der Waals surface area contributed by atoms with Gasteiger partial charge in [0, 0.05) is 31.7 Å². The molecule has 0 aliphatic heterocycles. The van der Waals surface area contributed by atoms with Gasteiger partial charge in [0.25, 0.3) is 0 Å². The van der Waals surface area contributed by atoms with Crippen LogP contribution in [-0.2, 0) is 0 Å². The summed E-state index contributed by atoms with van der Waals surface area (Å²) in [4.78, 5) is 2.79. The molecule has 0 aromatic rings. The number of nitrogens with zero attached hydrogens (tertiary/aromatic N) is 1. The van der Waals surface area contributed by atoms with Crippen LogP contribution in [0.5, 0.6) is 0 Å². The van der Waals surface area contributed by atoms with E-state index in [9.17, 15) is 0 Å². The molecule has 0 saturated heterocycles. The molecule has 0 aromatic carbocycles. The molecule has 1 N–H and O–H groups in total. The van der Waals surface area contributed by atoms with Gasteiger partial charge in [-0.1, -0.05) is 26.7 Å². The van der Waals surface area contributed by atoms with Gasteiger partial charge in [0.15, 0.2) is 0 Å². The Morgan fingerprint density at radius 3 is 2.05 bits per heavy atom. The molecule has 3 saturated carbocycles. The van der Waals surface area contributed by atoms with Crippen LogP contribution in [0.1, 0.15) is 65.2 Å². The summed E-state index contributed by atoms with van der Waals surface area (Å²) in [5.74, 6) is 2.87. The average Bonchev–Trinajstić information content (AvgIpc) is 3.33. The van der Waals surface area contributed by atoms with Gasteiger partial charge in [-0.25, -0.2) is 0 Å². The predicted octanol–water partition coefficient (Wildman–Crippen LogP) is 3.67. The molecule has 3 aliphatic rings. The van der Waals surface area contributed by atoms with E-state index in [0.717, 1.165) is 29.8 Å². The average molecular weight is 278 g/mol. The van der Waals surface area contributed by atoms with Gasteiger partial charge >= 0.3 is 0 Å². The Labute approximate surface area is 125 Å². The second-order valence-corrected chi connectivity index (χ2v) is 7.98. The van der Waals surface area contributed by atoms with Crippen LogP contribution in [0.4, 0.5) is 0 Å². The van der Waals surface area contributed by atoms with E-state index in [2.05, 4.69) is 24.1 Å². The highest BCUT2D eigenvalue weighted by atomic mass is 15.2. The van der Waals surface area contributed by atoms with Crippen LogP contribution in [0.2, 0.25) is 0 Å². The lowest BCUT2D eigenvalue weighted by molar-refractivity contribution is 0.174. The van der Waals surface area contributed by atoms with Gasteiger partial charge in [-0.05, 0) is 56.3 Å². The third-order valence-electron chi connectivity index (χ3n) is 5.48. The minimum atomic E-state index is 0.804. The van der Waals surface area contributed by atoms with E-state index in [4.69, 9.17) is 0 Å². The molecule has 3 rings (SSSR count). The van der Waals surface area contributed by atoms with Gasteiger partial charge in [0.05, 0.1) is 0 Å². The molecule has 2 nitrogen and oxygen atoms in total. The quantitative estimate of drug-likeness (QED) is 0.692. The predicted molar refractivity (Wildman–Crippen MR) is 85.9 cm³/mol. The molecular weight excluding hydrogens is 244 g/mol. The molecule has 0 radical (unpaired) electrons. The summed E-state index contributed by atoms with van der Waals surface area (Å²) < 4.78 is 0. The van der Waals surface area contributed by atoms with Gasteiger partial charge in [0.1, 0.15) is 0 Å². The monoisotopic (exact) mass is 278 g/mol. The lowest BCUT2D eigenvalue weighted by atomic mass is 10.1. The Morgan fingerprint density at radius 2 is 1.55 bits per heavy atom. The first-order valence-corrected chi connectivity index (χ1v) is 9.21. The summed E-state index contributed by atoms with van der Waals surface area (Å²) in [6.07, 6.45) is 11.8. The Morgan fingerprint density at radius 1 is 0.950 bits per heavy atom. The molecule has 0 heterocycles. The third-order valence-corrected chi connectivity index (χ3v) is 5.48. The van der Waals surface area contributed by atoms with E-state index >= 15 is 0 Å². The molecule has 2 heteroatoms.